The predicted octanol–water partition coefficient (Wildman–Crippen LogP) is 5.04. The zero-order chi connectivity index (χ0) is 24.9. The van der Waals surface area contributed by atoms with Crippen molar-refractivity contribution in [1.29, 1.82) is 0 Å². The van der Waals surface area contributed by atoms with Gasteiger partial charge in [-0.2, -0.15) is 18.2 Å². The Morgan fingerprint density at radius 3 is 2.42 bits per heavy atom. The van der Waals surface area contributed by atoms with Gasteiger partial charge in [-0.15, -0.1) is 5.10 Å². The summed E-state index contributed by atoms with van der Waals surface area (Å²) in [4.78, 5) is 16.0. The van der Waals surface area contributed by atoms with Gasteiger partial charge in [0.15, 0.2) is 0 Å². The third-order valence-corrected chi connectivity index (χ3v) is 8.01. The summed E-state index contributed by atoms with van der Waals surface area (Å²) in [5.41, 5.74) is 1.21. The molecule has 2 aliphatic heterocycles. The third-order valence-electron chi connectivity index (χ3n) is 8.01. The van der Waals surface area contributed by atoms with Gasteiger partial charge in [-0.05, 0) is 62.1 Å². The van der Waals surface area contributed by atoms with Crippen LogP contribution in [0.25, 0.3) is 0 Å². The van der Waals surface area contributed by atoms with Gasteiger partial charge < -0.3 is 10.2 Å². The molecule has 1 N–H and O–H groups in total. The van der Waals surface area contributed by atoms with Crippen LogP contribution in [0.4, 0.5) is 24.9 Å². The van der Waals surface area contributed by atoms with Crippen LogP contribution in [0.2, 0.25) is 0 Å². The quantitative estimate of drug-likeness (QED) is 0.545. The topological polar surface area (TPSA) is 71.8 Å². The molecule has 6 rings (SSSR count). The highest BCUT2D eigenvalue weighted by Gasteiger charge is 2.43. The smallest absolute Gasteiger partial charge is 0.356 e. The first kappa shape index (κ1) is 23.2. The highest BCUT2D eigenvalue weighted by molar-refractivity contribution is 5.42. The third kappa shape index (κ3) is 4.41. The minimum absolute atomic E-state index is 0.0580. The Morgan fingerprint density at radius 1 is 0.972 bits per heavy atom. The first-order chi connectivity index (χ1) is 17.3. The number of halogens is 3. The summed E-state index contributed by atoms with van der Waals surface area (Å²) in [5.74, 6) is 3.37. The fraction of sp³-hybridized carbons (Fsp3) is 0.538. The summed E-state index contributed by atoms with van der Waals surface area (Å²) >= 11 is 0. The minimum Gasteiger partial charge on any atom is -0.356 e. The van der Waals surface area contributed by atoms with Crippen LogP contribution in [-0.4, -0.2) is 43.9 Å². The number of benzene rings is 1. The molecule has 1 aliphatic carbocycles. The number of fused-ring (bicyclic) bond motifs is 3. The van der Waals surface area contributed by atoms with Crippen molar-refractivity contribution in [3.63, 3.8) is 0 Å². The van der Waals surface area contributed by atoms with E-state index in [1.807, 2.05) is 17.7 Å². The summed E-state index contributed by atoms with van der Waals surface area (Å²) in [7, 11) is 0. The van der Waals surface area contributed by atoms with Crippen molar-refractivity contribution < 1.29 is 13.2 Å². The molecule has 7 nitrogen and oxygen atoms in total. The van der Waals surface area contributed by atoms with Gasteiger partial charge in [0, 0.05) is 43.4 Å². The molecule has 2 fully saturated rings. The second-order valence-electron chi connectivity index (χ2n) is 10.4. The normalized spacial score (nSPS) is 25.9. The maximum Gasteiger partial charge on any atom is 0.416 e. The molecule has 0 amide bonds. The molecule has 0 radical (unpaired) electrons. The van der Waals surface area contributed by atoms with Crippen LogP contribution in [0, 0.1) is 18.8 Å². The summed E-state index contributed by atoms with van der Waals surface area (Å²) in [6.07, 6.45) is 2.44. The summed E-state index contributed by atoms with van der Waals surface area (Å²) in [5, 5.41) is 8.46. The molecule has 1 saturated heterocycles. The maximum atomic E-state index is 13.1. The lowest BCUT2D eigenvalue weighted by Crippen LogP contribution is -2.48. The van der Waals surface area contributed by atoms with Crippen molar-refractivity contribution in [1.82, 2.24) is 24.7 Å². The summed E-state index contributed by atoms with van der Waals surface area (Å²) in [6, 6.07) is 7.88. The number of anilines is 2. The first-order valence-electron chi connectivity index (χ1n) is 12.8. The molecule has 2 aromatic heterocycles. The highest BCUT2D eigenvalue weighted by Crippen LogP contribution is 2.40. The van der Waals surface area contributed by atoms with Crippen LogP contribution in [0.1, 0.15) is 60.7 Å². The van der Waals surface area contributed by atoms with Crippen LogP contribution in [0.5, 0.6) is 0 Å². The number of hydrogen-bond acceptors (Lipinski definition) is 6. The van der Waals surface area contributed by atoms with E-state index < -0.39 is 11.7 Å². The Kier molecular flexibility index (Phi) is 5.84. The first-order valence-corrected chi connectivity index (χ1v) is 12.8. The fourth-order valence-electron chi connectivity index (χ4n) is 6.20. The largest absolute Gasteiger partial charge is 0.416 e. The van der Waals surface area contributed by atoms with E-state index in [-0.39, 0.29) is 5.92 Å². The lowest BCUT2D eigenvalue weighted by atomic mass is 9.92. The molecule has 4 heterocycles. The Labute approximate surface area is 208 Å². The second-order valence-corrected chi connectivity index (χ2v) is 10.4. The second kappa shape index (κ2) is 9.05. The number of aryl methyl sites for hydroxylation is 2. The lowest BCUT2D eigenvalue weighted by molar-refractivity contribution is -0.137. The van der Waals surface area contributed by atoms with Gasteiger partial charge in [-0.3, -0.25) is 0 Å². The molecular formula is C26H30F3N7. The Morgan fingerprint density at radius 2 is 1.72 bits per heavy atom. The number of piperidine rings is 1. The zero-order valence-electron chi connectivity index (χ0n) is 20.2. The molecular weight excluding hydrogens is 467 g/mol. The van der Waals surface area contributed by atoms with E-state index in [1.165, 1.54) is 12.1 Å². The molecule has 4 atom stereocenters. The van der Waals surface area contributed by atoms with Crippen LogP contribution in [0.3, 0.4) is 0 Å². The minimum atomic E-state index is -4.33. The molecule has 190 valence electrons. The van der Waals surface area contributed by atoms with Crippen LogP contribution >= 0.6 is 0 Å². The van der Waals surface area contributed by atoms with Gasteiger partial charge in [0.1, 0.15) is 18.0 Å². The molecule has 3 aromatic rings. The summed E-state index contributed by atoms with van der Waals surface area (Å²) in [6.45, 7) is 4.64. The number of alkyl halides is 3. The van der Waals surface area contributed by atoms with E-state index in [0.717, 1.165) is 74.6 Å². The van der Waals surface area contributed by atoms with Crippen molar-refractivity contribution >= 4 is 11.8 Å². The van der Waals surface area contributed by atoms with E-state index >= 15 is 0 Å². The molecule has 36 heavy (non-hydrogen) atoms. The van der Waals surface area contributed by atoms with Crippen molar-refractivity contribution in [3.8, 4) is 0 Å². The predicted molar refractivity (Wildman–Crippen MR) is 130 cm³/mol. The van der Waals surface area contributed by atoms with Crippen LogP contribution in [0.15, 0.2) is 36.7 Å². The van der Waals surface area contributed by atoms with Gasteiger partial charge in [0.05, 0.1) is 5.56 Å². The van der Waals surface area contributed by atoms with Gasteiger partial charge in [-0.1, -0.05) is 18.6 Å². The van der Waals surface area contributed by atoms with Gasteiger partial charge >= 0.3 is 6.18 Å². The van der Waals surface area contributed by atoms with E-state index in [2.05, 4.69) is 20.2 Å². The number of rotatable bonds is 4. The molecule has 1 aromatic carbocycles. The molecule has 1 unspecified atom stereocenters. The average molecular weight is 498 g/mol. The molecule has 0 spiro atoms. The lowest BCUT2D eigenvalue weighted by Gasteiger charge is -2.38. The van der Waals surface area contributed by atoms with E-state index in [9.17, 15) is 13.2 Å². The molecule has 1 saturated carbocycles. The average Bonchev–Trinajstić information content (AvgIpc) is 3.25. The van der Waals surface area contributed by atoms with E-state index in [1.54, 1.807) is 18.5 Å². The van der Waals surface area contributed by atoms with Crippen molar-refractivity contribution in [2.24, 2.45) is 11.8 Å². The van der Waals surface area contributed by atoms with Crippen molar-refractivity contribution in [2.75, 3.05) is 23.3 Å². The van der Waals surface area contributed by atoms with E-state index in [0.29, 0.717) is 23.8 Å². The number of nitrogens with zero attached hydrogens (tertiary/aromatic N) is 6. The SMILES string of the molecule is Cc1cc(N2C[C@H]3CC[C@@H](C2)C3Nc2nc3n(n2)CCCC[C@H]3c2ccc(C(F)(F)F)cc2)ncn1. The standard InChI is InChI=1S/C26H30F3N7/c1-16-12-22(31-15-30-16)35-13-18-5-6-19(14-35)23(18)32-25-33-24-21(4-2-3-11-36(24)34-25)17-7-9-20(10-8-17)26(27,28)29/h7-10,12,15,18-19,21,23H,2-6,11,13-14H2,1H3,(H,32,34)/t18-,19+,21-,23?/m0/s1. The van der Waals surface area contributed by atoms with Crippen molar-refractivity contribution in [2.45, 2.75) is 63.7 Å². The molecule has 10 heteroatoms. The highest BCUT2D eigenvalue weighted by atomic mass is 19.4. The monoisotopic (exact) mass is 497 g/mol. The summed E-state index contributed by atoms with van der Waals surface area (Å²) < 4.78 is 41.1. The van der Waals surface area contributed by atoms with Gasteiger partial charge in [-0.25, -0.2) is 14.6 Å². The van der Waals surface area contributed by atoms with Gasteiger partial charge in [0.2, 0.25) is 5.95 Å². The van der Waals surface area contributed by atoms with Crippen LogP contribution < -0.4 is 10.2 Å². The Bertz CT molecular complexity index is 1210. The van der Waals surface area contributed by atoms with Crippen molar-refractivity contribution in [3.05, 3.63) is 59.3 Å². The number of hydrogen-bond donors (Lipinski definition) is 1. The molecule has 3 aliphatic rings. The number of nitrogens with one attached hydrogen (secondary N) is 1. The van der Waals surface area contributed by atoms with E-state index in [4.69, 9.17) is 10.1 Å². The maximum absolute atomic E-state index is 13.1. The van der Waals surface area contributed by atoms with Crippen LogP contribution in [-0.2, 0) is 12.7 Å². The fourth-order valence-corrected chi connectivity index (χ4v) is 6.20. The number of aromatic nitrogens is 5. The molecule has 2 bridgehead atoms. The van der Waals surface area contributed by atoms with Gasteiger partial charge in [0.25, 0.3) is 0 Å². The Balaban J connectivity index is 1.20. The Hall–Kier alpha value is -3.17. The zero-order valence-corrected chi connectivity index (χ0v) is 20.2.